The van der Waals surface area contributed by atoms with Crippen LogP contribution < -0.4 is 4.90 Å². The maximum Gasteiger partial charge on any atom is 0.143 e. The number of hydrogen-bond donors (Lipinski definition) is 0. The fourth-order valence-corrected chi connectivity index (χ4v) is 7.10. The average molecular weight is 666 g/mol. The third kappa shape index (κ3) is 6.08. The number of benzene rings is 8. The van der Waals surface area contributed by atoms with Crippen LogP contribution in [0.25, 0.3) is 66.8 Å². The van der Waals surface area contributed by atoms with Crippen molar-refractivity contribution < 1.29 is 4.42 Å². The monoisotopic (exact) mass is 665 g/mol. The van der Waals surface area contributed by atoms with Crippen LogP contribution in [0.1, 0.15) is 0 Å². The van der Waals surface area contributed by atoms with Crippen LogP contribution in [0.4, 0.5) is 17.1 Å². The molecule has 0 amide bonds. The Morgan fingerprint density at radius 3 is 1.21 bits per heavy atom. The van der Waals surface area contributed by atoms with Crippen molar-refractivity contribution in [1.29, 1.82) is 0 Å². The van der Waals surface area contributed by atoms with Gasteiger partial charge in [-0.05, 0) is 81.4 Å². The molecule has 0 radical (unpaired) electrons. The summed E-state index contributed by atoms with van der Waals surface area (Å²) in [6, 6.07) is 75.1. The Balaban J connectivity index is 1.12. The molecule has 8 aromatic carbocycles. The van der Waals surface area contributed by atoms with E-state index >= 15 is 0 Å². The van der Waals surface area contributed by atoms with Crippen LogP contribution in [0.3, 0.4) is 0 Å². The van der Waals surface area contributed by atoms with E-state index in [2.05, 4.69) is 205 Å². The Bertz CT molecular complexity index is 2570. The third-order valence-corrected chi connectivity index (χ3v) is 9.71. The fourth-order valence-electron chi connectivity index (χ4n) is 7.10. The lowest BCUT2D eigenvalue weighted by molar-refractivity contribution is 0.632. The Kier molecular flexibility index (Phi) is 8.24. The molecule has 1 aromatic heterocycles. The second kappa shape index (κ2) is 13.8. The summed E-state index contributed by atoms with van der Waals surface area (Å²) < 4.78 is 6.63. The zero-order valence-electron chi connectivity index (χ0n) is 28.6. The number of anilines is 3. The summed E-state index contributed by atoms with van der Waals surface area (Å²) in [5.41, 5.74) is 14.5. The van der Waals surface area contributed by atoms with Crippen molar-refractivity contribution >= 4 is 28.0 Å². The summed E-state index contributed by atoms with van der Waals surface area (Å²) in [6.07, 6.45) is 0. The molecule has 2 nitrogen and oxygen atoms in total. The largest absolute Gasteiger partial charge is 0.455 e. The Hall–Kier alpha value is -6.90. The average Bonchev–Trinajstić information content (AvgIpc) is 3.63. The molecular formula is C50H35NO. The van der Waals surface area contributed by atoms with Crippen LogP contribution in [0.15, 0.2) is 217 Å². The van der Waals surface area contributed by atoms with Gasteiger partial charge in [-0.1, -0.05) is 170 Å². The summed E-state index contributed by atoms with van der Waals surface area (Å²) in [5.74, 6) is 0.864. The van der Waals surface area contributed by atoms with Gasteiger partial charge >= 0.3 is 0 Å². The van der Waals surface area contributed by atoms with Gasteiger partial charge in [0.25, 0.3) is 0 Å². The highest BCUT2D eigenvalue weighted by Crippen LogP contribution is 2.43. The summed E-state index contributed by atoms with van der Waals surface area (Å²) in [5, 5.41) is 1.11. The molecule has 0 aliphatic heterocycles. The third-order valence-electron chi connectivity index (χ3n) is 9.71. The first-order chi connectivity index (χ1) is 25.8. The zero-order valence-corrected chi connectivity index (χ0v) is 28.6. The fraction of sp³-hybridized carbons (Fsp3) is 0. The van der Waals surface area contributed by atoms with E-state index in [4.69, 9.17) is 4.42 Å². The topological polar surface area (TPSA) is 16.4 Å². The highest BCUT2D eigenvalue weighted by molar-refractivity contribution is 6.02. The van der Waals surface area contributed by atoms with E-state index in [1.54, 1.807) is 0 Å². The number of fused-ring (bicyclic) bond motifs is 1. The number of furan rings is 1. The van der Waals surface area contributed by atoms with Crippen LogP contribution in [0.5, 0.6) is 0 Å². The van der Waals surface area contributed by atoms with E-state index in [1.165, 1.54) is 33.4 Å². The van der Waals surface area contributed by atoms with Crippen LogP contribution >= 0.6 is 0 Å². The standard InChI is InChI=1S/C50H35NO/c1-4-13-36(14-5-1)38-23-25-39(26-24-38)41-29-33-45(34-30-41)51(44-31-27-40(28-32-44)37-15-6-2-7-16-37)46-20-12-19-43(35-46)50-49(42-17-8-3-9-18-42)47-21-10-11-22-48(47)52-50/h1-35H. The van der Waals surface area contributed by atoms with Crippen molar-refractivity contribution in [2.75, 3.05) is 4.90 Å². The van der Waals surface area contributed by atoms with E-state index in [-0.39, 0.29) is 0 Å². The van der Waals surface area contributed by atoms with E-state index in [0.717, 1.165) is 50.5 Å². The second-order valence-corrected chi connectivity index (χ2v) is 13.0. The van der Waals surface area contributed by atoms with Gasteiger partial charge in [0.05, 0.1) is 0 Å². The predicted octanol–water partition coefficient (Wildman–Crippen LogP) is 14.2. The van der Waals surface area contributed by atoms with Crippen molar-refractivity contribution in [3.63, 3.8) is 0 Å². The highest BCUT2D eigenvalue weighted by atomic mass is 16.3. The first-order valence-corrected chi connectivity index (χ1v) is 17.7. The van der Waals surface area contributed by atoms with E-state index in [0.29, 0.717) is 0 Å². The molecule has 0 bridgehead atoms. The normalized spacial score (nSPS) is 11.1. The van der Waals surface area contributed by atoms with Crippen LogP contribution in [0, 0.1) is 0 Å². The van der Waals surface area contributed by atoms with Crippen LogP contribution in [-0.2, 0) is 0 Å². The van der Waals surface area contributed by atoms with Crippen molar-refractivity contribution in [2.24, 2.45) is 0 Å². The molecular weight excluding hydrogens is 631 g/mol. The molecule has 0 spiro atoms. The molecule has 0 fully saturated rings. The molecule has 246 valence electrons. The molecule has 0 aliphatic carbocycles. The van der Waals surface area contributed by atoms with Crippen LogP contribution in [-0.4, -0.2) is 0 Å². The maximum atomic E-state index is 6.63. The molecule has 9 aromatic rings. The lowest BCUT2D eigenvalue weighted by atomic mass is 9.98. The van der Waals surface area contributed by atoms with Gasteiger partial charge in [0.15, 0.2) is 0 Å². The minimum atomic E-state index is 0.864. The zero-order chi connectivity index (χ0) is 34.7. The molecule has 9 rings (SSSR count). The van der Waals surface area contributed by atoms with Crippen molar-refractivity contribution in [2.45, 2.75) is 0 Å². The molecule has 1 heterocycles. The van der Waals surface area contributed by atoms with Gasteiger partial charge in [0.1, 0.15) is 11.3 Å². The van der Waals surface area contributed by atoms with Gasteiger partial charge in [0, 0.05) is 33.6 Å². The van der Waals surface area contributed by atoms with Gasteiger partial charge in [0.2, 0.25) is 0 Å². The Morgan fingerprint density at radius 2 is 0.692 bits per heavy atom. The smallest absolute Gasteiger partial charge is 0.143 e. The van der Waals surface area contributed by atoms with E-state index < -0.39 is 0 Å². The molecule has 0 saturated heterocycles. The van der Waals surface area contributed by atoms with E-state index in [9.17, 15) is 0 Å². The number of para-hydroxylation sites is 1. The molecule has 0 atom stereocenters. The molecule has 0 unspecified atom stereocenters. The minimum absolute atomic E-state index is 0.864. The van der Waals surface area contributed by atoms with Gasteiger partial charge in [-0.25, -0.2) is 0 Å². The Labute approximate surface area is 304 Å². The SMILES string of the molecule is c1ccc(-c2ccc(-c3ccc(N(c4ccc(-c5ccccc5)cc4)c4cccc(-c5oc6ccccc6c5-c5ccccc5)c4)cc3)cc2)cc1. The summed E-state index contributed by atoms with van der Waals surface area (Å²) in [6.45, 7) is 0. The quantitative estimate of drug-likeness (QED) is 0.161. The summed E-state index contributed by atoms with van der Waals surface area (Å²) in [4.78, 5) is 2.32. The van der Waals surface area contributed by atoms with Gasteiger partial charge in [-0.3, -0.25) is 0 Å². The molecule has 0 N–H and O–H groups in total. The lowest BCUT2D eigenvalue weighted by Gasteiger charge is -2.26. The molecule has 52 heavy (non-hydrogen) atoms. The molecule has 2 heteroatoms. The van der Waals surface area contributed by atoms with Crippen molar-refractivity contribution in [3.05, 3.63) is 212 Å². The molecule has 0 saturated carbocycles. The first-order valence-electron chi connectivity index (χ1n) is 17.7. The van der Waals surface area contributed by atoms with E-state index in [1.807, 2.05) is 12.1 Å². The number of rotatable bonds is 8. The highest BCUT2D eigenvalue weighted by Gasteiger charge is 2.20. The first kappa shape index (κ1) is 31.1. The Morgan fingerprint density at radius 1 is 0.288 bits per heavy atom. The van der Waals surface area contributed by atoms with Gasteiger partial charge < -0.3 is 9.32 Å². The van der Waals surface area contributed by atoms with Gasteiger partial charge in [-0.15, -0.1) is 0 Å². The molecule has 0 aliphatic rings. The summed E-state index contributed by atoms with van der Waals surface area (Å²) in [7, 11) is 0. The second-order valence-electron chi connectivity index (χ2n) is 13.0. The van der Waals surface area contributed by atoms with Gasteiger partial charge in [-0.2, -0.15) is 0 Å². The summed E-state index contributed by atoms with van der Waals surface area (Å²) >= 11 is 0. The number of nitrogens with zero attached hydrogens (tertiary/aromatic N) is 1. The lowest BCUT2D eigenvalue weighted by Crippen LogP contribution is -2.10. The minimum Gasteiger partial charge on any atom is -0.455 e. The number of hydrogen-bond acceptors (Lipinski definition) is 2. The predicted molar refractivity (Wildman–Crippen MR) is 218 cm³/mol. The van der Waals surface area contributed by atoms with Crippen LogP contribution in [0.2, 0.25) is 0 Å². The maximum absolute atomic E-state index is 6.63. The van der Waals surface area contributed by atoms with Crippen molar-refractivity contribution in [1.82, 2.24) is 0 Å². The van der Waals surface area contributed by atoms with Crippen molar-refractivity contribution in [3.8, 4) is 55.8 Å².